The van der Waals surface area contributed by atoms with Crippen molar-refractivity contribution in [3.8, 4) is 0 Å². The molecule has 2 aliphatic rings. The number of hydrogen-bond acceptors (Lipinski definition) is 3. The number of anilines is 1. The van der Waals surface area contributed by atoms with Gasteiger partial charge in [-0.05, 0) is 60.4 Å². The fraction of sp³-hybridized carbons (Fsp3) is 0.483. The van der Waals surface area contributed by atoms with Gasteiger partial charge in [0, 0.05) is 54.6 Å². The van der Waals surface area contributed by atoms with Gasteiger partial charge in [-0.3, -0.25) is 0 Å². The monoisotopic (exact) mass is 494 g/mol. The molecule has 0 amide bonds. The molecule has 35 heavy (non-hydrogen) atoms. The Morgan fingerprint density at radius 2 is 2.06 bits per heavy atom. The van der Waals surface area contributed by atoms with E-state index in [0.717, 1.165) is 50.2 Å². The minimum absolute atomic E-state index is 0.00705. The maximum atomic E-state index is 15.5. The van der Waals surface area contributed by atoms with Crippen molar-refractivity contribution in [2.75, 3.05) is 24.5 Å². The molecule has 2 N–H and O–H groups in total. The van der Waals surface area contributed by atoms with E-state index in [2.05, 4.69) is 66.1 Å². The molecular formula is C29H36ClFN4. The van der Waals surface area contributed by atoms with Crippen LogP contribution in [0.5, 0.6) is 0 Å². The molecule has 2 aromatic carbocycles. The van der Waals surface area contributed by atoms with Gasteiger partial charge in [0.2, 0.25) is 0 Å². The zero-order valence-corrected chi connectivity index (χ0v) is 21.9. The summed E-state index contributed by atoms with van der Waals surface area (Å²) in [7, 11) is 0. The summed E-state index contributed by atoms with van der Waals surface area (Å²) in [6.45, 7) is 11.6. The first kappa shape index (κ1) is 24.3. The van der Waals surface area contributed by atoms with Crippen LogP contribution in [0.2, 0.25) is 5.02 Å². The molecule has 5 rings (SSSR count). The maximum absolute atomic E-state index is 15.5. The van der Waals surface area contributed by atoms with Crippen molar-refractivity contribution < 1.29 is 4.39 Å². The fourth-order valence-electron chi connectivity index (χ4n) is 6.37. The molecule has 0 bridgehead atoms. The number of hydrogen-bond donors (Lipinski definition) is 2. The average Bonchev–Trinajstić information content (AvgIpc) is 3.50. The number of benzene rings is 2. The molecule has 1 spiro atoms. The van der Waals surface area contributed by atoms with E-state index in [1.165, 1.54) is 16.8 Å². The van der Waals surface area contributed by atoms with Crippen LogP contribution in [0.15, 0.2) is 48.9 Å². The Hall–Kier alpha value is -2.37. The molecule has 1 aromatic heterocycles. The fourth-order valence-corrected chi connectivity index (χ4v) is 6.55. The van der Waals surface area contributed by atoms with Gasteiger partial charge in [-0.1, -0.05) is 56.6 Å². The van der Waals surface area contributed by atoms with Crippen molar-refractivity contribution >= 4 is 17.3 Å². The molecule has 0 aliphatic carbocycles. The molecule has 2 aliphatic heterocycles. The highest BCUT2D eigenvalue weighted by Crippen LogP contribution is 2.56. The molecule has 3 heterocycles. The number of rotatable bonds is 6. The van der Waals surface area contributed by atoms with E-state index in [1.807, 2.05) is 18.3 Å². The van der Waals surface area contributed by atoms with Crippen molar-refractivity contribution in [1.82, 2.24) is 15.3 Å². The van der Waals surface area contributed by atoms with E-state index in [-0.39, 0.29) is 33.6 Å². The summed E-state index contributed by atoms with van der Waals surface area (Å²) in [5.74, 6) is -0.268. The predicted molar refractivity (Wildman–Crippen MR) is 142 cm³/mol. The van der Waals surface area contributed by atoms with Crippen molar-refractivity contribution in [2.45, 2.75) is 64.3 Å². The van der Waals surface area contributed by atoms with Crippen LogP contribution < -0.4 is 10.2 Å². The zero-order valence-electron chi connectivity index (χ0n) is 21.2. The standard InChI is InChI=1S/C29H36ClFN4/c1-19-10-11-22-25(13-19)35(12-6-7-20-15-32-18-34-20)17-29(22)23(16-33-26(29)14-28(2,3)4)21-8-5-9-24(30)27(21)31/h5,8-11,13,15,18,23,26,33H,6-7,12,14,16-17H2,1-4H3,(H,32,34)/t23-,26+,29-/m1/s1. The smallest absolute Gasteiger partial charge is 0.145 e. The SMILES string of the molecule is Cc1ccc2c(c1)N(CCCc1cnc[nH]1)C[C@@]21[C@H](CC(C)(C)C)NC[C@@H]1c1cccc(Cl)c1F. The van der Waals surface area contributed by atoms with Gasteiger partial charge in [0.05, 0.1) is 11.3 Å². The van der Waals surface area contributed by atoms with Crippen LogP contribution in [0.4, 0.5) is 10.1 Å². The number of nitrogens with zero attached hydrogens (tertiary/aromatic N) is 2. The quantitative estimate of drug-likeness (QED) is 0.417. The number of H-pyrrole nitrogens is 1. The van der Waals surface area contributed by atoms with Gasteiger partial charge in [0.1, 0.15) is 5.82 Å². The first-order valence-electron chi connectivity index (χ1n) is 12.7. The van der Waals surface area contributed by atoms with Gasteiger partial charge in [-0.15, -0.1) is 0 Å². The van der Waals surface area contributed by atoms with Crippen LogP contribution in [-0.4, -0.2) is 35.6 Å². The summed E-state index contributed by atoms with van der Waals surface area (Å²) >= 11 is 6.28. The lowest BCUT2D eigenvalue weighted by Gasteiger charge is -2.40. The summed E-state index contributed by atoms with van der Waals surface area (Å²) in [5, 5.41) is 4.05. The van der Waals surface area contributed by atoms with Crippen LogP contribution in [0.25, 0.3) is 0 Å². The summed E-state index contributed by atoms with van der Waals surface area (Å²) in [6, 6.07) is 12.5. The molecule has 0 unspecified atom stereocenters. The van der Waals surface area contributed by atoms with Crippen LogP contribution in [0, 0.1) is 18.2 Å². The Morgan fingerprint density at radius 3 is 2.80 bits per heavy atom. The van der Waals surface area contributed by atoms with Gasteiger partial charge in [-0.2, -0.15) is 0 Å². The van der Waals surface area contributed by atoms with Gasteiger partial charge < -0.3 is 15.2 Å². The second-order valence-corrected chi connectivity index (χ2v) is 12.0. The summed E-state index contributed by atoms with van der Waals surface area (Å²) in [4.78, 5) is 9.91. The third-order valence-corrected chi connectivity index (χ3v) is 8.15. The van der Waals surface area contributed by atoms with Crippen molar-refractivity contribution in [2.24, 2.45) is 5.41 Å². The Labute approximate surface area is 213 Å². The maximum Gasteiger partial charge on any atom is 0.145 e. The van der Waals surface area contributed by atoms with Crippen LogP contribution >= 0.6 is 11.6 Å². The first-order valence-corrected chi connectivity index (χ1v) is 13.1. The van der Waals surface area contributed by atoms with Gasteiger partial charge in [0.15, 0.2) is 0 Å². The van der Waals surface area contributed by atoms with Gasteiger partial charge in [-0.25, -0.2) is 9.37 Å². The summed E-state index contributed by atoms with van der Waals surface area (Å²) in [5.41, 5.74) is 5.70. The molecule has 6 heteroatoms. The van der Waals surface area contributed by atoms with Crippen molar-refractivity contribution in [3.05, 3.63) is 82.1 Å². The first-order chi connectivity index (χ1) is 16.7. The molecule has 1 fully saturated rings. The molecule has 3 atom stereocenters. The largest absolute Gasteiger partial charge is 0.370 e. The number of halogens is 2. The number of nitrogens with one attached hydrogen (secondary N) is 2. The molecule has 4 nitrogen and oxygen atoms in total. The van der Waals surface area contributed by atoms with E-state index < -0.39 is 0 Å². The molecule has 0 saturated carbocycles. The predicted octanol–water partition coefficient (Wildman–Crippen LogP) is 6.39. The normalized spacial score (nSPS) is 23.9. The third kappa shape index (κ3) is 4.49. The van der Waals surface area contributed by atoms with Crippen LogP contribution in [0.1, 0.15) is 61.9 Å². The number of aromatic nitrogens is 2. The van der Waals surface area contributed by atoms with Gasteiger partial charge >= 0.3 is 0 Å². The lowest BCUT2D eigenvalue weighted by atomic mass is 9.64. The highest BCUT2D eigenvalue weighted by atomic mass is 35.5. The molecule has 186 valence electrons. The minimum Gasteiger partial charge on any atom is -0.370 e. The topological polar surface area (TPSA) is 44.0 Å². The molecule has 3 aromatic rings. The molecular weight excluding hydrogens is 459 g/mol. The summed E-state index contributed by atoms with van der Waals surface area (Å²) < 4.78 is 15.5. The number of aryl methyl sites for hydroxylation is 2. The highest BCUT2D eigenvalue weighted by molar-refractivity contribution is 6.30. The van der Waals surface area contributed by atoms with E-state index in [9.17, 15) is 0 Å². The lowest BCUT2D eigenvalue weighted by molar-refractivity contribution is 0.255. The number of fused-ring (bicyclic) bond motifs is 2. The average molecular weight is 495 g/mol. The van der Waals surface area contributed by atoms with E-state index >= 15 is 4.39 Å². The Morgan fingerprint density at radius 1 is 1.23 bits per heavy atom. The van der Waals surface area contributed by atoms with Crippen molar-refractivity contribution in [3.63, 3.8) is 0 Å². The molecule has 1 saturated heterocycles. The second kappa shape index (κ2) is 9.25. The highest BCUT2D eigenvalue weighted by Gasteiger charge is 2.57. The van der Waals surface area contributed by atoms with E-state index in [0.29, 0.717) is 0 Å². The minimum atomic E-state index is -0.275. The Balaban J connectivity index is 1.57. The Kier molecular flexibility index (Phi) is 6.43. The Bertz CT molecular complexity index is 1190. The van der Waals surface area contributed by atoms with E-state index in [4.69, 9.17) is 11.6 Å². The van der Waals surface area contributed by atoms with Crippen molar-refractivity contribution in [1.29, 1.82) is 0 Å². The van der Waals surface area contributed by atoms with Gasteiger partial charge in [0.25, 0.3) is 0 Å². The molecule has 0 radical (unpaired) electrons. The van der Waals surface area contributed by atoms with Crippen LogP contribution in [-0.2, 0) is 11.8 Å². The lowest BCUT2D eigenvalue weighted by Crippen LogP contribution is -2.48. The number of imidazole rings is 1. The summed E-state index contributed by atoms with van der Waals surface area (Å²) in [6.07, 6.45) is 6.65. The zero-order chi connectivity index (χ0) is 24.8. The third-order valence-electron chi connectivity index (χ3n) is 7.86. The number of aromatic amines is 1. The second-order valence-electron chi connectivity index (χ2n) is 11.6. The van der Waals surface area contributed by atoms with Crippen LogP contribution in [0.3, 0.4) is 0 Å². The van der Waals surface area contributed by atoms with E-state index in [1.54, 1.807) is 12.4 Å².